The molecular weight excluding hydrogens is 880 g/mol. The van der Waals surface area contributed by atoms with E-state index in [2.05, 4.69) is 51.0 Å². The van der Waals surface area contributed by atoms with Crippen LogP contribution in [0.5, 0.6) is 5.75 Å². The summed E-state index contributed by atoms with van der Waals surface area (Å²) in [7, 11) is 0. The number of rotatable bonds is 22. The van der Waals surface area contributed by atoms with Crippen LogP contribution in [0.3, 0.4) is 0 Å². The van der Waals surface area contributed by atoms with Crippen molar-refractivity contribution < 1.29 is 33.3 Å². The normalized spacial score (nSPS) is 14.1. The number of fused-ring (bicyclic) bond motifs is 4. The minimum Gasteiger partial charge on any atom is -0.491 e. The second kappa shape index (κ2) is 22.5. The Morgan fingerprint density at radius 3 is 2.20 bits per heavy atom. The molecule has 15 nitrogen and oxygen atoms in total. The summed E-state index contributed by atoms with van der Waals surface area (Å²) < 4.78 is 30.4. The lowest BCUT2D eigenvalue weighted by Gasteiger charge is -2.17. The molecule has 344 valence electrons. The predicted molar refractivity (Wildman–Crippen MR) is 257 cm³/mol. The Bertz CT molecular complexity index is 2630. The van der Waals surface area contributed by atoms with Crippen LogP contribution in [-0.2, 0) is 35.0 Å². The number of thiophene rings is 1. The fourth-order valence-electron chi connectivity index (χ4n) is 7.62. The van der Waals surface area contributed by atoms with Crippen LogP contribution in [0.15, 0.2) is 90.1 Å². The van der Waals surface area contributed by atoms with Gasteiger partial charge in [-0.1, -0.05) is 29.8 Å². The number of anilines is 3. The Hall–Kier alpha value is -6.01. The molecule has 0 saturated heterocycles. The molecule has 2 aliphatic heterocycles. The molecular formula is C49H53ClN8O7S. The van der Waals surface area contributed by atoms with Crippen molar-refractivity contribution in [2.45, 2.75) is 46.1 Å². The third-order valence-corrected chi connectivity index (χ3v) is 12.6. The number of halogens is 1. The second-order valence-electron chi connectivity index (χ2n) is 15.8. The highest BCUT2D eigenvalue weighted by atomic mass is 35.5. The highest BCUT2D eigenvalue weighted by molar-refractivity contribution is 7.15. The smallest absolute Gasteiger partial charge is 0.227 e. The van der Waals surface area contributed by atoms with Crippen molar-refractivity contribution in [2.75, 3.05) is 82.0 Å². The van der Waals surface area contributed by atoms with E-state index in [9.17, 15) is 9.59 Å². The van der Waals surface area contributed by atoms with Gasteiger partial charge in [0.2, 0.25) is 11.8 Å². The maximum atomic E-state index is 13.5. The quantitative estimate of drug-likeness (QED) is 0.0559. The van der Waals surface area contributed by atoms with Crippen molar-refractivity contribution in [2.24, 2.45) is 4.99 Å². The minimum atomic E-state index is -0.569. The summed E-state index contributed by atoms with van der Waals surface area (Å²) in [6.45, 7) is 10.8. The van der Waals surface area contributed by atoms with Crippen molar-refractivity contribution in [3.8, 4) is 21.9 Å². The maximum absolute atomic E-state index is 13.5. The SMILES string of the molecule is Cc1sc2c(c1C)C(c1ccc(Cl)cc1)=N[C@@H](CC(=O)Nc1ccc(OCCOCCOCCOCCOCCNc3ccc(-c4ccc5c(c4)CCC(=O)N5)cn3)cc1)c1nnc(C)n1-2. The molecule has 2 amide bonds. The van der Waals surface area contributed by atoms with E-state index in [1.807, 2.05) is 78.4 Å². The summed E-state index contributed by atoms with van der Waals surface area (Å²) in [5, 5.41) is 19.7. The van der Waals surface area contributed by atoms with Gasteiger partial charge in [0.1, 0.15) is 35.0 Å². The average molecular weight is 934 g/mol. The molecule has 3 aromatic heterocycles. The largest absolute Gasteiger partial charge is 0.491 e. The molecule has 6 aromatic rings. The summed E-state index contributed by atoms with van der Waals surface area (Å²) in [5.74, 6) is 2.67. The maximum Gasteiger partial charge on any atom is 0.227 e. The van der Waals surface area contributed by atoms with Gasteiger partial charge >= 0.3 is 0 Å². The molecule has 0 bridgehead atoms. The van der Waals surface area contributed by atoms with Crippen LogP contribution in [0.4, 0.5) is 17.2 Å². The summed E-state index contributed by atoms with van der Waals surface area (Å²) in [6, 6.07) is 24.4. The zero-order chi connectivity index (χ0) is 45.8. The molecule has 3 N–H and O–H groups in total. The fourth-order valence-corrected chi connectivity index (χ4v) is 8.96. The molecule has 0 aliphatic carbocycles. The van der Waals surface area contributed by atoms with E-state index < -0.39 is 6.04 Å². The van der Waals surface area contributed by atoms with Gasteiger partial charge < -0.3 is 39.6 Å². The number of ether oxygens (including phenoxy) is 5. The number of carbonyl (C=O) groups excluding carboxylic acids is 2. The van der Waals surface area contributed by atoms with Gasteiger partial charge in [-0.25, -0.2) is 4.98 Å². The third kappa shape index (κ3) is 11.9. The summed E-state index contributed by atoms with van der Waals surface area (Å²) in [5.41, 5.74) is 8.65. The van der Waals surface area contributed by atoms with Crippen molar-refractivity contribution in [3.05, 3.63) is 129 Å². The number of nitrogens with zero attached hydrogens (tertiary/aromatic N) is 5. The Labute approximate surface area is 392 Å². The number of amides is 2. The highest BCUT2D eigenvalue weighted by Crippen LogP contribution is 2.40. The van der Waals surface area contributed by atoms with Crippen molar-refractivity contribution in [1.29, 1.82) is 0 Å². The van der Waals surface area contributed by atoms with Crippen LogP contribution in [0.25, 0.3) is 16.1 Å². The van der Waals surface area contributed by atoms with Crippen molar-refractivity contribution in [1.82, 2.24) is 19.7 Å². The lowest BCUT2D eigenvalue weighted by atomic mass is 9.98. The molecule has 0 fully saturated rings. The highest BCUT2D eigenvalue weighted by Gasteiger charge is 2.32. The number of aromatic nitrogens is 4. The number of carbonyl (C=O) groups is 2. The standard InChI is InChI=1S/C49H53ClN8O7S/c1-31-32(2)66-49-46(31)47(34-4-9-38(50)10-5-34)55-42(48-57-56-33(3)58(48)49)29-45(60)53-39-11-13-40(14-12-39)65-27-26-64-25-24-63-23-22-62-21-20-61-19-18-51-43-16-7-37(30-52-43)35-6-15-41-36(28-35)8-17-44(59)54-41/h4-7,9-16,28,30,42H,8,17-27,29H2,1-3H3,(H,51,52)(H,53,60)(H,54,59)/t42-/m0/s1. The molecule has 0 saturated carbocycles. The van der Waals surface area contributed by atoms with Crippen LogP contribution >= 0.6 is 22.9 Å². The number of hydrogen-bond acceptors (Lipinski definition) is 13. The minimum absolute atomic E-state index is 0.0657. The van der Waals surface area contributed by atoms with E-state index in [1.165, 1.54) is 4.88 Å². The first kappa shape index (κ1) is 46.5. The van der Waals surface area contributed by atoms with E-state index >= 15 is 0 Å². The molecule has 5 heterocycles. The van der Waals surface area contributed by atoms with Gasteiger partial charge in [-0.15, -0.1) is 21.5 Å². The zero-order valence-corrected chi connectivity index (χ0v) is 38.8. The molecule has 0 spiro atoms. The van der Waals surface area contributed by atoms with Gasteiger partial charge in [0.25, 0.3) is 0 Å². The number of benzene rings is 3. The molecule has 8 rings (SSSR count). The first-order chi connectivity index (χ1) is 32.2. The van der Waals surface area contributed by atoms with Crippen LogP contribution < -0.4 is 20.7 Å². The Balaban J connectivity index is 0.663. The van der Waals surface area contributed by atoms with Gasteiger partial charge in [0.15, 0.2) is 5.82 Å². The van der Waals surface area contributed by atoms with E-state index in [-0.39, 0.29) is 18.2 Å². The van der Waals surface area contributed by atoms with E-state index in [0.29, 0.717) is 94.7 Å². The zero-order valence-electron chi connectivity index (χ0n) is 37.2. The van der Waals surface area contributed by atoms with E-state index in [1.54, 1.807) is 23.5 Å². The molecule has 0 unspecified atom stereocenters. The van der Waals surface area contributed by atoms with Crippen LogP contribution in [-0.4, -0.2) is 103 Å². The number of aryl methyl sites for hydroxylation is 3. The second-order valence-corrected chi connectivity index (χ2v) is 17.4. The fraction of sp³-hybridized carbons (Fsp3) is 0.347. The lowest BCUT2D eigenvalue weighted by molar-refractivity contribution is -0.117. The predicted octanol–water partition coefficient (Wildman–Crippen LogP) is 8.33. The summed E-state index contributed by atoms with van der Waals surface area (Å²) in [4.78, 5) is 36.0. The molecule has 17 heteroatoms. The lowest BCUT2D eigenvalue weighted by Crippen LogP contribution is -2.18. The van der Waals surface area contributed by atoms with Crippen LogP contribution in [0, 0.1) is 20.8 Å². The molecule has 3 aromatic carbocycles. The van der Waals surface area contributed by atoms with Crippen molar-refractivity contribution in [3.63, 3.8) is 0 Å². The van der Waals surface area contributed by atoms with Crippen molar-refractivity contribution >= 4 is 57.7 Å². The first-order valence-corrected chi connectivity index (χ1v) is 23.2. The van der Waals surface area contributed by atoms with Gasteiger partial charge in [-0.2, -0.15) is 0 Å². The van der Waals surface area contributed by atoms with Crippen LogP contribution in [0.1, 0.15) is 57.7 Å². The Morgan fingerprint density at radius 2 is 1.48 bits per heavy atom. The van der Waals surface area contributed by atoms with Gasteiger partial charge in [-0.05, 0) is 105 Å². The van der Waals surface area contributed by atoms with Gasteiger partial charge in [0, 0.05) is 57.1 Å². The number of aliphatic imine (C=N–C) groups is 1. The Kier molecular flexibility index (Phi) is 15.8. The molecule has 2 aliphatic rings. The number of pyridine rings is 1. The molecule has 66 heavy (non-hydrogen) atoms. The van der Waals surface area contributed by atoms with Gasteiger partial charge in [0.05, 0.1) is 65.0 Å². The first-order valence-electron chi connectivity index (χ1n) is 22.0. The monoisotopic (exact) mass is 932 g/mol. The summed E-state index contributed by atoms with van der Waals surface area (Å²) in [6.07, 6.45) is 3.19. The van der Waals surface area contributed by atoms with Gasteiger partial charge in [-0.3, -0.25) is 19.1 Å². The van der Waals surface area contributed by atoms with Crippen LogP contribution in [0.2, 0.25) is 5.02 Å². The molecule has 0 radical (unpaired) electrons. The van der Waals surface area contributed by atoms with E-state index in [4.69, 9.17) is 40.3 Å². The average Bonchev–Trinajstić information content (AvgIpc) is 3.80. The Morgan fingerprint density at radius 1 is 0.803 bits per heavy atom. The topological polar surface area (TPSA) is 172 Å². The summed E-state index contributed by atoms with van der Waals surface area (Å²) >= 11 is 7.91. The number of hydrogen-bond donors (Lipinski definition) is 3. The van der Waals surface area contributed by atoms with E-state index in [0.717, 1.165) is 67.8 Å². The molecule has 1 atom stereocenters. The number of nitrogens with one attached hydrogen (secondary N) is 3. The third-order valence-electron chi connectivity index (χ3n) is 11.1.